The number of nitrogens with zero attached hydrogens (tertiary/aromatic N) is 1. The molecule has 1 N–H and O–H groups in total. The number of fused-ring (bicyclic) bond motifs is 1. The van der Waals surface area contributed by atoms with Gasteiger partial charge in [0.25, 0.3) is 0 Å². The molecule has 82 valence electrons. The highest BCUT2D eigenvalue weighted by atomic mass is 16.5. The topological polar surface area (TPSA) is 83.9 Å². The van der Waals surface area contributed by atoms with Crippen molar-refractivity contribution in [2.45, 2.75) is 24.9 Å². The van der Waals surface area contributed by atoms with Crippen molar-refractivity contribution >= 4 is 17.7 Å². The third-order valence-electron chi connectivity index (χ3n) is 2.67. The number of carbonyl (C=O) groups is 3. The highest BCUT2D eigenvalue weighted by Crippen LogP contribution is 2.33. The molecule has 0 spiro atoms. The van der Waals surface area contributed by atoms with Gasteiger partial charge < -0.3 is 14.7 Å². The van der Waals surface area contributed by atoms with Crippen LogP contribution in [0, 0.1) is 0 Å². The first kappa shape index (κ1) is 10.1. The number of ether oxygens (including phenoxy) is 1. The summed E-state index contributed by atoms with van der Waals surface area (Å²) in [6, 6.07) is -1.18. The molecule has 6 heteroatoms. The monoisotopic (exact) mass is 213 g/mol. The van der Waals surface area contributed by atoms with Crippen LogP contribution in [0.15, 0.2) is 0 Å². The smallest absolute Gasteiger partial charge is 0.336 e. The summed E-state index contributed by atoms with van der Waals surface area (Å²) in [5.74, 6) is -1.19. The van der Waals surface area contributed by atoms with Gasteiger partial charge in [0.2, 0.25) is 5.91 Å². The molecule has 2 unspecified atom stereocenters. The minimum Gasteiger partial charge on any atom is -0.461 e. The van der Waals surface area contributed by atoms with E-state index in [4.69, 9.17) is 5.11 Å². The summed E-state index contributed by atoms with van der Waals surface area (Å²) in [7, 11) is 0. The minimum absolute atomic E-state index is 0.114. The van der Waals surface area contributed by atoms with E-state index >= 15 is 0 Å². The molecule has 2 aliphatic heterocycles. The van der Waals surface area contributed by atoms with Crippen LogP contribution >= 0.6 is 0 Å². The number of hydrogen-bond acceptors (Lipinski definition) is 5. The number of ketones is 1. The molecule has 0 aromatic rings. The lowest BCUT2D eigenvalue weighted by atomic mass is 10.0. The Kier molecular flexibility index (Phi) is 2.44. The Morgan fingerprint density at radius 2 is 2.20 bits per heavy atom. The third-order valence-corrected chi connectivity index (χ3v) is 2.67. The fraction of sp³-hybridized carbons (Fsp3) is 0.667. The zero-order chi connectivity index (χ0) is 11.0. The van der Waals surface area contributed by atoms with E-state index in [0.29, 0.717) is 6.42 Å². The van der Waals surface area contributed by atoms with Crippen molar-refractivity contribution in [3.63, 3.8) is 0 Å². The van der Waals surface area contributed by atoms with Crippen LogP contribution in [0.3, 0.4) is 0 Å². The predicted molar refractivity (Wildman–Crippen MR) is 46.7 cm³/mol. The van der Waals surface area contributed by atoms with E-state index in [-0.39, 0.29) is 37.4 Å². The van der Waals surface area contributed by atoms with Crippen LogP contribution in [0.5, 0.6) is 0 Å². The molecule has 2 aliphatic rings. The van der Waals surface area contributed by atoms with Crippen molar-refractivity contribution in [2.24, 2.45) is 0 Å². The van der Waals surface area contributed by atoms with E-state index in [0.717, 1.165) is 0 Å². The molecule has 2 heterocycles. The Morgan fingerprint density at radius 1 is 1.47 bits per heavy atom. The molecular formula is C9H11NO5. The molecule has 0 aliphatic carbocycles. The molecule has 2 fully saturated rings. The minimum atomic E-state index is -1.07. The molecule has 0 aromatic heterocycles. The summed E-state index contributed by atoms with van der Waals surface area (Å²) in [4.78, 5) is 35.3. The van der Waals surface area contributed by atoms with Gasteiger partial charge >= 0.3 is 5.97 Å². The number of Topliss-reactive ketones (excluding diaryl/α,β-unsaturated/α-hetero) is 1. The summed E-state index contributed by atoms with van der Waals surface area (Å²) < 4.78 is 4.64. The van der Waals surface area contributed by atoms with E-state index in [1.165, 1.54) is 4.90 Å². The maximum Gasteiger partial charge on any atom is 0.336 e. The maximum atomic E-state index is 11.4. The molecule has 0 bridgehead atoms. The first-order valence-electron chi connectivity index (χ1n) is 4.76. The Balaban J connectivity index is 2.04. The molecule has 0 radical (unpaired) electrons. The number of β-lactam (4-membered cyclic amide) rings is 1. The fourth-order valence-electron chi connectivity index (χ4n) is 1.99. The van der Waals surface area contributed by atoms with Gasteiger partial charge in [-0.1, -0.05) is 0 Å². The lowest BCUT2D eigenvalue weighted by molar-refractivity contribution is -0.162. The van der Waals surface area contributed by atoms with Crippen LogP contribution in [0.25, 0.3) is 0 Å². The van der Waals surface area contributed by atoms with Gasteiger partial charge in [0.1, 0.15) is 6.61 Å². The normalized spacial score (nSPS) is 28.7. The summed E-state index contributed by atoms with van der Waals surface area (Å²) in [5.41, 5.74) is 0. The second-order valence-electron chi connectivity index (χ2n) is 3.62. The molecular weight excluding hydrogens is 202 g/mol. The van der Waals surface area contributed by atoms with Gasteiger partial charge in [-0.05, 0) is 0 Å². The van der Waals surface area contributed by atoms with Crippen LogP contribution < -0.4 is 0 Å². The molecule has 6 nitrogen and oxygen atoms in total. The van der Waals surface area contributed by atoms with Gasteiger partial charge in [0.15, 0.2) is 11.8 Å². The van der Waals surface area contributed by atoms with Crippen LogP contribution in [-0.2, 0) is 19.1 Å². The van der Waals surface area contributed by atoms with Crippen LogP contribution in [0.4, 0.5) is 0 Å². The Hall–Kier alpha value is -1.43. The molecule has 2 saturated heterocycles. The molecule has 2 rings (SSSR count). The number of carbonyl (C=O) groups excluding carboxylic acids is 3. The second-order valence-corrected chi connectivity index (χ2v) is 3.62. The van der Waals surface area contributed by atoms with Crippen molar-refractivity contribution in [2.75, 3.05) is 13.2 Å². The third kappa shape index (κ3) is 1.50. The first-order valence-corrected chi connectivity index (χ1v) is 4.76. The van der Waals surface area contributed by atoms with Crippen molar-refractivity contribution < 1.29 is 24.2 Å². The summed E-state index contributed by atoms with van der Waals surface area (Å²) >= 11 is 0. The molecule has 2 atom stereocenters. The van der Waals surface area contributed by atoms with Crippen molar-refractivity contribution in [3.05, 3.63) is 0 Å². The first-order chi connectivity index (χ1) is 7.15. The largest absolute Gasteiger partial charge is 0.461 e. The maximum absolute atomic E-state index is 11.4. The Labute approximate surface area is 85.8 Å². The quantitative estimate of drug-likeness (QED) is 0.349. The fourth-order valence-corrected chi connectivity index (χ4v) is 1.99. The van der Waals surface area contributed by atoms with Crippen molar-refractivity contribution in [3.8, 4) is 0 Å². The molecule has 0 saturated carbocycles. The zero-order valence-corrected chi connectivity index (χ0v) is 8.01. The number of amides is 1. The number of esters is 1. The van der Waals surface area contributed by atoms with Crippen LogP contribution in [0.1, 0.15) is 12.8 Å². The predicted octanol–water partition coefficient (Wildman–Crippen LogP) is -1.54. The number of hydrogen-bond donors (Lipinski definition) is 1. The lowest BCUT2D eigenvalue weighted by Crippen LogP contribution is -2.55. The van der Waals surface area contributed by atoms with Gasteiger partial charge in [0, 0.05) is 18.9 Å². The average molecular weight is 213 g/mol. The van der Waals surface area contributed by atoms with E-state index in [9.17, 15) is 14.4 Å². The van der Waals surface area contributed by atoms with Gasteiger partial charge in [-0.15, -0.1) is 0 Å². The van der Waals surface area contributed by atoms with E-state index < -0.39 is 12.0 Å². The number of aliphatic hydroxyl groups excluding tert-OH is 1. The molecule has 0 aromatic carbocycles. The van der Waals surface area contributed by atoms with Gasteiger partial charge in [0.05, 0.1) is 6.61 Å². The molecule has 1 amide bonds. The number of aliphatic hydroxyl groups is 1. The lowest BCUT2D eigenvalue weighted by Gasteiger charge is -2.36. The summed E-state index contributed by atoms with van der Waals surface area (Å²) in [6.07, 6.45) is 0.583. The average Bonchev–Trinajstić information content (AvgIpc) is 2.46. The van der Waals surface area contributed by atoms with Gasteiger partial charge in [-0.2, -0.15) is 0 Å². The number of rotatable bonds is 3. The van der Waals surface area contributed by atoms with E-state index in [1.54, 1.807) is 0 Å². The zero-order valence-electron chi connectivity index (χ0n) is 8.01. The van der Waals surface area contributed by atoms with E-state index in [2.05, 4.69) is 4.74 Å². The Bertz CT molecular complexity index is 326. The van der Waals surface area contributed by atoms with Crippen molar-refractivity contribution in [1.82, 2.24) is 4.90 Å². The van der Waals surface area contributed by atoms with E-state index in [1.807, 2.05) is 0 Å². The summed E-state index contributed by atoms with van der Waals surface area (Å²) in [5, 5.41) is 8.47. The Morgan fingerprint density at radius 3 is 2.80 bits per heavy atom. The van der Waals surface area contributed by atoms with Gasteiger partial charge in [-0.25, -0.2) is 4.79 Å². The SMILES string of the molecule is O=C1CC2CC(=O)N2C1C(=O)OCCO. The summed E-state index contributed by atoms with van der Waals surface area (Å²) in [6.45, 7) is -0.431. The standard InChI is InChI=1S/C9H11NO5/c11-1-2-15-9(14)8-6(12)3-5-4-7(13)10(5)8/h5,8,11H,1-4H2. The highest BCUT2D eigenvalue weighted by Gasteiger charge is 2.54. The highest BCUT2D eigenvalue weighted by molar-refractivity contribution is 6.10. The van der Waals surface area contributed by atoms with Crippen molar-refractivity contribution in [1.29, 1.82) is 0 Å². The van der Waals surface area contributed by atoms with Crippen LogP contribution in [0.2, 0.25) is 0 Å². The van der Waals surface area contributed by atoms with Gasteiger partial charge in [-0.3, -0.25) is 9.59 Å². The molecule has 15 heavy (non-hydrogen) atoms. The van der Waals surface area contributed by atoms with Crippen LogP contribution in [-0.4, -0.2) is 53.0 Å². The second kappa shape index (κ2) is 3.62.